The van der Waals surface area contributed by atoms with E-state index in [1.54, 1.807) is 12.3 Å². The van der Waals surface area contributed by atoms with Crippen LogP contribution in [-0.2, 0) is 0 Å². The summed E-state index contributed by atoms with van der Waals surface area (Å²) >= 11 is 1.12. The number of hydrogen-bond donors (Lipinski definition) is 2. The van der Waals surface area contributed by atoms with Gasteiger partial charge in [-0.1, -0.05) is 9.70 Å². The van der Waals surface area contributed by atoms with Gasteiger partial charge in [0, 0.05) is 5.38 Å². The molecule has 0 aliphatic rings. The molecule has 2 heterocycles. The topological polar surface area (TPSA) is 109 Å². The number of rotatable bonds is 3. The van der Waals surface area contributed by atoms with Crippen LogP contribution >= 0.6 is 11.5 Å². The number of H-pyrrole nitrogens is 1. The maximum atomic E-state index is 11.5. The Morgan fingerprint density at radius 2 is 2.47 bits per heavy atom. The van der Waals surface area contributed by atoms with E-state index in [1.807, 2.05) is 0 Å². The third-order valence-electron chi connectivity index (χ3n) is 1.69. The lowest BCUT2D eigenvalue weighted by Crippen LogP contribution is -2.27. The molecule has 0 radical (unpaired) electrons. The van der Waals surface area contributed by atoms with Crippen LogP contribution in [-0.4, -0.2) is 36.1 Å². The molecule has 2 N–H and O–H groups in total. The molecule has 78 valence electrons. The minimum Gasteiger partial charge on any atom is -0.341 e. The van der Waals surface area contributed by atoms with Gasteiger partial charge in [0.15, 0.2) is 11.5 Å². The Balaban J connectivity index is 2.01. The van der Waals surface area contributed by atoms with Gasteiger partial charge in [-0.15, -0.1) is 15.3 Å². The van der Waals surface area contributed by atoms with Gasteiger partial charge in [-0.05, 0) is 18.5 Å². The Morgan fingerprint density at radius 1 is 1.60 bits per heavy atom. The Kier molecular flexibility index (Phi) is 2.63. The summed E-state index contributed by atoms with van der Waals surface area (Å²) in [5, 5.41) is 21.1. The van der Waals surface area contributed by atoms with Gasteiger partial charge in [-0.25, -0.2) is 0 Å². The highest BCUT2D eigenvalue weighted by Crippen LogP contribution is 2.05. The molecule has 1 amide bonds. The van der Waals surface area contributed by atoms with Crippen molar-refractivity contribution < 1.29 is 4.79 Å². The fourth-order valence-corrected chi connectivity index (χ4v) is 1.39. The van der Waals surface area contributed by atoms with Crippen molar-refractivity contribution in [3.8, 4) is 0 Å². The molecule has 1 unspecified atom stereocenters. The highest BCUT2D eigenvalue weighted by atomic mass is 32.1. The number of aromatic nitrogens is 6. The molecule has 0 spiro atoms. The molecule has 1 atom stereocenters. The van der Waals surface area contributed by atoms with E-state index in [9.17, 15) is 4.79 Å². The van der Waals surface area contributed by atoms with E-state index in [4.69, 9.17) is 0 Å². The summed E-state index contributed by atoms with van der Waals surface area (Å²) in [7, 11) is 0. The van der Waals surface area contributed by atoms with E-state index in [0.717, 1.165) is 11.5 Å². The molecule has 9 heteroatoms. The van der Waals surface area contributed by atoms with Crippen LogP contribution in [0.1, 0.15) is 29.3 Å². The number of carbonyl (C=O) groups excluding carboxylic acids is 1. The number of nitrogens with zero attached hydrogens (tertiary/aromatic N) is 5. The smallest absolute Gasteiger partial charge is 0.273 e. The molecule has 0 aliphatic carbocycles. The number of carbonyl (C=O) groups is 1. The van der Waals surface area contributed by atoms with Crippen molar-refractivity contribution in [1.29, 1.82) is 0 Å². The third-order valence-corrected chi connectivity index (χ3v) is 2.19. The van der Waals surface area contributed by atoms with Crippen molar-refractivity contribution in [3.63, 3.8) is 0 Å². The van der Waals surface area contributed by atoms with Crippen LogP contribution in [0.4, 0.5) is 0 Å². The van der Waals surface area contributed by atoms with E-state index in [1.165, 1.54) is 0 Å². The van der Waals surface area contributed by atoms with Crippen LogP contribution in [0, 0.1) is 0 Å². The maximum absolute atomic E-state index is 11.5. The average molecular weight is 225 g/mol. The first-order valence-corrected chi connectivity index (χ1v) is 4.92. The predicted molar refractivity (Wildman–Crippen MR) is 50.0 cm³/mol. The van der Waals surface area contributed by atoms with E-state index in [-0.39, 0.29) is 17.6 Å². The van der Waals surface area contributed by atoms with Crippen molar-refractivity contribution in [3.05, 3.63) is 16.9 Å². The lowest BCUT2D eigenvalue weighted by molar-refractivity contribution is 0.0933. The lowest BCUT2D eigenvalue weighted by Gasteiger charge is -2.07. The first-order chi connectivity index (χ1) is 7.27. The molecule has 0 fully saturated rings. The van der Waals surface area contributed by atoms with Gasteiger partial charge in [-0.2, -0.15) is 5.21 Å². The zero-order valence-electron chi connectivity index (χ0n) is 7.71. The summed E-state index contributed by atoms with van der Waals surface area (Å²) in [4.78, 5) is 11.5. The third kappa shape index (κ3) is 2.13. The quantitative estimate of drug-likeness (QED) is 0.731. The number of nitrogens with one attached hydrogen (secondary N) is 2. The molecule has 2 aromatic heterocycles. The van der Waals surface area contributed by atoms with Crippen molar-refractivity contribution >= 4 is 17.4 Å². The number of hydrogen-bond acceptors (Lipinski definition) is 7. The van der Waals surface area contributed by atoms with Crippen LogP contribution in [0.5, 0.6) is 0 Å². The Labute approximate surface area is 88.3 Å². The van der Waals surface area contributed by atoms with Gasteiger partial charge >= 0.3 is 0 Å². The molecule has 2 rings (SSSR count). The van der Waals surface area contributed by atoms with Gasteiger partial charge in [0.1, 0.15) is 0 Å². The number of tetrazole rings is 1. The summed E-state index contributed by atoms with van der Waals surface area (Å²) in [5.74, 6) is 0.118. The molecule has 0 aromatic carbocycles. The Morgan fingerprint density at radius 3 is 3.07 bits per heavy atom. The van der Waals surface area contributed by atoms with Gasteiger partial charge < -0.3 is 5.32 Å². The van der Waals surface area contributed by atoms with E-state index < -0.39 is 0 Å². The highest BCUT2D eigenvalue weighted by molar-refractivity contribution is 7.03. The normalized spacial score (nSPS) is 12.3. The minimum atomic E-state index is -0.321. The summed E-state index contributed by atoms with van der Waals surface area (Å²) < 4.78 is 3.59. The molecule has 2 aromatic rings. The summed E-state index contributed by atoms with van der Waals surface area (Å²) in [5.41, 5.74) is 0.287. The summed E-state index contributed by atoms with van der Waals surface area (Å²) in [6.45, 7) is 1.75. The molecule has 15 heavy (non-hydrogen) atoms. The summed E-state index contributed by atoms with van der Waals surface area (Å²) in [6.07, 6.45) is 0. The Hall–Kier alpha value is -1.90. The fourth-order valence-electron chi connectivity index (χ4n) is 0.952. The van der Waals surface area contributed by atoms with E-state index >= 15 is 0 Å². The molecular formula is C6H7N7OS. The minimum absolute atomic E-state index is 0.287. The second-order valence-electron chi connectivity index (χ2n) is 2.76. The van der Waals surface area contributed by atoms with Crippen LogP contribution < -0.4 is 5.32 Å². The first kappa shape index (κ1) is 9.65. The van der Waals surface area contributed by atoms with Crippen LogP contribution in [0.25, 0.3) is 0 Å². The molecule has 8 nitrogen and oxygen atoms in total. The van der Waals surface area contributed by atoms with Gasteiger partial charge in [0.25, 0.3) is 5.91 Å². The van der Waals surface area contributed by atoms with E-state index in [2.05, 4.69) is 35.5 Å². The molecule has 0 bridgehead atoms. The SMILES string of the molecule is CC(NC(=O)c1csnn1)c1nn[nH]n1. The van der Waals surface area contributed by atoms with Crippen molar-refractivity contribution in [2.24, 2.45) is 0 Å². The Bertz CT molecular complexity index is 424. The highest BCUT2D eigenvalue weighted by Gasteiger charge is 2.16. The lowest BCUT2D eigenvalue weighted by atomic mass is 10.3. The molecular weight excluding hydrogens is 218 g/mol. The van der Waals surface area contributed by atoms with E-state index in [0.29, 0.717) is 5.82 Å². The fraction of sp³-hybridized carbons (Fsp3) is 0.333. The molecule has 0 aliphatic heterocycles. The standard InChI is InChI=1S/C6H7N7OS/c1-3(5-9-11-12-10-5)7-6(14)4-2-15-13-8-4/h2-3H,1H3,(H,7,14)(H,9,10,11,12). The summed E-state index contributed by atoms with van der Waals surface area (Å²) in [6, 6.07) is -0.321. The zero-order valence-corrected chi connectivity index (χ0v) is 8.52. The number of amides is 1. The van der Waals surface area contributed by atoms with Crippen molar-refractivity contribution in [2.45, 2.75) is 13.0 Å². The molecule has 0 saturated heterocycles. The maximum Gasteiger partial charge on any atom is 0.273 e. The largest absolute Gasteiger partial charge is 0.341 e. The average Bonchev–Trinajstić information content (AvgIpc) is 2.91. The van der Waals surface area contributed by atoms with Gasteiger partial charge in [0.2, 0.25) is 0 Å². The second-order valence-corrected chi connectivity index (χ2v) is 3.37. The van der Waals surface area contributed by atoms with Crippen molar-refractivity contribution in [1.82, 2.24) is 35.5 Å². The van der Waals surface area contributed by atoms with Crippen LogP contribution in [0.2, 0.25) is 0 Å². The molecule has 0 saturated carbocycles. The van der Waals surface area contributed by atoms with Gasteiger partial charge in [0.05, 0.1) is 6.04 Å². The monoisotopic (exact) mass is 225 g/mol. The number of aromatic amines is 1. The van der Waals surface area contributed by atoms with Crippen LogP contribution in [0.15, 0.2) is 5.38 Å². The zero-order chi connectivity index (χ0) is 10.7. The van der Waals surface area contributed by atoms with Crippen molar-refractivity contribution in [2.75, 3.05) is 0 Å². The predicted octanol–water partition coefficient (Wildman–Crippen LogP) is -0.458. The van der Waals surface area contributed by atoms with Crippen LogP contribution in [0.3, 0.4) is 0 Å². The first-order valence-electron chi connectivity index (χ1n) is 4.08. The second kappa shape index (κ2) is 4.09. The van der Waals surface area contributed by atoms with Gasteiger partial charge in [-0.3, -0.25) is 4.79 Å².